The van der Waals surface area contributed by atoms with Crippen molar-refractivity contribution in [1.82, 2.24) is 4.57 Å². The van der Waals surface area contributed by atoms with Crippen molar-refractivity contribution in [2.75, 3.05) is 0 Å². The van der Waals surface area contributed by atoms with E-state index in [9.17, 15) is 0 Å². The van der Waals surface area contributed by atoms with E-state index in [1.165, 1.54) is 104 Å². The van der Waals surface area contributed by atoms with E-state index < -0.39 is 8.07 Å². The van der Waals surface area contributed by atoms with E-state index in [0.29, 0.717) is 0 Å². The zero-order valence-electron chi connectivity index (χ0n) is 37.1. The predicted molar refractivity (Wildman–Crippen MR) is 274 cm³/mol. The molecule has 12 rings (SSSR count). The molecule has 308 valence electrons. The molecule has 0 atom stereocenters. The van der Waals surface area contributed by atoms with Gasteiger partial charge in [-0.3, -0.25) is 0 Å². The van der Waals surface area contributed by atoms with E-state index >= 15 is 0 Å². The number of para-hydroxylation sites is 1. The Hall–Kier alpha value is -7.00. The molecular weight excluding hydrogens is 787 g/mol. The quantitative estimate of drug-likeness (QED) is 0.106. The van der Waals surface area contributed by atoms with E-state index in [1.807, 2.05) is 0 Å². The van der Waals surface area contributed by atoms with Gasteiger partial charge in [-0.15, -0.1) is 0 Å². The largest absolute Gasteiger partial charge is 0.309 e. The molecule has 64 heavy (non-hydrogen) atoms. The SMILES string of the molecule is CCC1(CC)c2cc(-c3ccc4c(c3)c3ccccc3n4-c3ccc4c(c3)C(C)(C)c3ccccc3-4)ccc2-c2ccc([Si](c3ccccc3)(c3ccccc3)c3ccccc3)cc21. The number of fused-ring (bicyclic) bond motifs is 9. The molecule has 0 spiro atoms. The molecule has 0 aliphatic heterocycles. The molecule has 0 amide bonds. The van der Waals surface area contributed by atoms with Gasteiger partial charge >= 0.3 is 0 Å². The van der Waals surface area contributed by atoms with Crippen molar-refractivity contribution >= 4 is 50.6 Å². The van der Waals surface area contributed by atoms with Crippen LogP contribution in [0.1, 0.15) is 62.8 Å². The summed E-state index contributed by atoms with van der Waals surface area (Å²) in [6.45, 7) is 9.54. The highest BCUT2D eigenvalue weighted by atomic mass is 28.3. The number of hydrogen-bond donors (Lipinski definition) is 0. The Morgan fingerprint density at radius 2 is 0.875 bits per heavy atom. The van der Waals surface area contributed by atoms with Crippen LogP contribution in [0.3, 0.4) is 0 Å². The Bertz CT molecular complexity index is 3330. The highest BCUT2D eigenvalue weighted by molar-refractivity contribution is 7.19. The van der Waals surface area contributed by atoms with Crippen LogP contribution in [0, 0.1) is 0 Å². The summed E-state index contributed by atoms with van der Waals surface area (Å²) in [5, 5.41) is 8.23. The molecule has 0 radical (unpaired) electrons. The lowest BCUT2D eigenvalue weighted by Crippen LogP contribution is -2.74. The topological polar surface area (TPSA) is 4.93 Å². The molecule has 0 bridgehead atoms. The lowest BCUT2D eigenvalue weighted by molar-refractivity contribution is 0.491. The van der Waals surface area contributed by atoms with Crippen molar-refractivity contribution < 1.29 is 0 Å². The van der Waals surface area contributed by atoms with Gasteiger partial charge < -0.3 is 4.57 Å². The lowest BCUT2D eigenvalue weighted by atomic mass is 9.73. The third-order valence-electron chi connectivity index (χ3n) is 15.5. The summed E-state index contributed by atoms with van der Waals surface area (Å²) in [6, 6.07) is 81.0. The maximum atomic E-state index is 2.64. The van der Waals surface area contributed by atoms with Crippen molar-refractivity contribution in [3.05, 3.63) is 235 Å². The third kappa shape index (κ3) is 5.36. The Labute approximate surface area is 378 Å². The van der Waals surface area contributed by atoms with Crippen LogP contribution in [0.5, 0.6) is 0 Å². The van der Waals surface area contributed by atoms with Gasteiger partial charge in [0.15, 0.2) is 8.07 Å². The average molecular weight is 838 g/mol. The van der Waals surface area contributed by atoms with Crippen LogP contribution < -0.4 is 20.7 Å². The van der Waals surface area contributed by atoms with Gasteiger partial charge in [0.05, 0.1) is 11.0 Å². The first-order valence-electron chi connectivity index (χ1n) is 23.1. The van der Waals surface area contributed by atoms with Gasteiger partial charge in [0, 0.05) is 27.3 Å². The molecule has 0 fully saturated rings. The summed E-state index contributed by atoms with van der Waals surface area (Å²) in [4.78, 5) is 0. The molecule has 9 aromatic carbocycles. The van der Waals surface area contributed by atoms with Gasteiger partial charge in [-0.1, -0.05) is 204 Å². The van der Waals surface area contributed by atoms with Gasteiger partial charge in [-0.05, 0) is 126 Å². The molecule has 0 unspecified atom stereocenters. The van der Waals surface area contributed by atoms with Crippen molar-refractivity contribution in [2.45, 2.75) is 51.4 Å². The average Bonchev–Trinajstić information content (AvgIpc) is 3.92. The number of rotatable bonds is 8. The first kappa shape index (κ1) is 38.7. The molecule has 0 N–H and O–H groups in total. The number of hydrogen-bond acceptors (Lipinski definition) is 0. The molecular formula is C62H51NSi. The first-order valence-corrected chi connectivity index (χ1v) is 25.1. The van der Waals surface area contributed by atoms with Crippen molar-refractivity contribution in [2.24, 2.45) is 0 Å². The molecule has 2 heteroatoms. The predicted octanol–water partition coefficient (Wildman–Crippen LogP) is 13.2. The summed E-state index contributed by atoms with van der Waals surface area (Å²) >= 11 is 0. The van der Waals surface area contributed by atoms with Crippen LogP contribution in [-0.2, 0) is 10.8 Å². The van der Waals surface area contributed by atoms with Crippen LogP contribution in [-0.4, -0.2) is 12.6 Å². The van der Waals surface area contributed by atoms with Gasteiger partial charge in [-0.25, -0.2) is 0 Å². The fourth-order valence-electron chi connectivity index (χ4n) is 12.2. The number of aromatic nitrogens is 1. The monoisotopic (exact) mass is 837 g/mol. The Morgan fingerprint density at radius 3 is 1.55 bits per heavy atom. The molecule has 1 heterocycles. The normalized spacial score (nSPS) is 14.3. The standard InChI is InChI=1S/C62H51NSi/c1-5-62(6-2)57-39-43(30-34-51(57)52-36-33-48(41-58(52)62)64(45-20-10-7-11-21-45,46-22-12-8-13-23-46)47-24-14-9-15-25-47)42-31-37-60-54(38-42)53-27-17-19-29-59(53)63(60)44-32-35-50-49-26-16-18-28-55(49)61(3,4)56(50)40-44/h7-41H,5-6H2,1-4H3. The molecule has 1 nitrogen and oxygen atoms in total. The summed E-state index contributed by atoms with van der Waals surface area (Å²) in [6.07, 6.45) is 2.06. The van der Waals surface area contributed by atoms with Gasteiger partial charge in [0.1, 0.15) is 0 Å². The summed E-state index contributed by atoms with van der Waals surface area (Å²) in [5.41, 5.74) is 17.2. The summed E-state index contributed by atoms with van der Waals surface area (Å²) < 4.78 is 2.48. The van der Waals surface area contributed by atoms with Gasteiger partial charge in [-0.2, -0.15) is 0 Å². The van der Waals surface area contributed by atoms with Crippen LogP contribution in [0.2, 0.25) is 0 Å². The Kier molecular flexibility index (Phi) is 8.77. The molecule has 1 aromatic heterocycles. The maximum absolute atomic E-state index is 2.70. The van der Waals surface area contributed by atoms with E-state index in [-0.39, 0.29) is 10.8 Å². The van der Waals surface area contributed by atoms with Crippen molar-refractivity contribution in [3.63, 3.8) is 0 Å². The van der Waals surface area contributed by atoms with Crippen LogP contribution in [0.4, 0.5) is 0 Å². The van der Waals surface area contributed by atoms with Crippen LogP contribution >= 0.6 is 0 Å². The van der Waals surface area contributed by atoms with E-state index in [0.717, 1.165) is 12.8 Å². The summed E-state index contributed by atoms with van der Waals surface area (Å²) in [5.74, 6) is 0. The third-order valence-corrected chi connectivity index (χ3v) is 20.2. The molecule has 2 aliphatic rings. The van der Waals surface area contributed by atoms with Crippen molar-refractivity contribution in [1.29, 1.82) is 0 Å². The fraction of sp³-hybridized carbons (Fsp3) is 0.129. The Balaban J connectivity index is 0.994. The zero-order valence-corrected chi connectivity index (χ0v) is 38.1. The van der Waals surface area contributed by atoms with E-state index in [2.05, 4.69) is 245 Å². The van der Waals surface area contributed by atoms with Gasteiger partial charge in [0.25, 0.3) is 0 Å². The Morgan fingerprint density at radius 1 is 0.375 bits per heavy atom. The molecule has 10 aromatic rings. The van der Waals surface area contributed by atoms with E-state index in [1.54, 1.807) is 0 Å². The minimum absolute atomic E-state index is 0.0639. The summed E-state index contributed by atoms with van der Waals surface area (Å²) in [7, 11) is -2.70. The smallest absolute Gasteiger partial charge is 0.179 e. The minimum Gasteiger partial charge on any atom is -0.309 e. The zero-order chi connectivity index (χ0) is 43.2. The highest BCUT2D eigenvalue weighted by Gasteiger charge is 2.46. The molecule has 0 saturated carbocycles. The maximum Gasteiger partial charge on any atom is 0.179 e. The second-order valence-electron chi connectivity index (χ2n) is 18.6. The van der Waals surface area contributed by atoms with Crippen molar-refractivity contribution in [3.8, 4) is 39.1 Å². The second kappa shape index (κ2) is 14.5. The minimum atomic E-state index is -2.70. The molecule has 0 saturated heterocycles. The van der Waals surface area contributed by atoms with Crippen LogP contribution in [0.25, 0.3) is 60.9 Å². The first-order chi connectivity index (χ1) is 31.4. The number of benzene rings is 9. The van der Waals surface area contributed by atoms with E-state index in [4.69, 9.17) is 0 Å². The number of nitrogens with zero attached hydrogens (tertiary/aromatic N) is 1. The van der Waals surface area contributed by atoms with Gasteiger partial charge in [0.2, 0.25) is 0 Å². The molecule has 2 aliphatic carbocycles. The highest BCUT2D eigenvalue weighted by Crippen LogP contribution is 2.54. The fourth-order valence-corrected chi connectivity index (χ4v) is 17.0. The lowest BCUT2D eigenvalue weighted by Gasteiger charge is -2.36. The van der Waals surface area contributed by atoms with Crippen LogP contribution in [0.15, 0.2) is 212 Å². The second-order valence-corrected chi connectivity index (χ2v) is 22.5.